The molecule has 184 valence electrons. The highest BCUT2D eigenvalue weighted by Crippen LogP contribution is 2.33. The van der Waals surface area contributed by atoms with E-state index in [4.69, 9.17) is 0 Å². The predicted octanol–water partition coefficient (Wildman–Crippen LogP) is 2.96. The molecule has 4 rings (SSSR count). The van der Waals surface area contributed by atoms with Gasteiger partial charge < -0.3 is 10.2 Å². The molecule has 35 heavy (non-hydrogen) atoms. The van der Waals surface area contributed by atoms with E-state index in [1.54, 1.807) is 4.90 Å². The number of hydrogen-bond donors (Lipinski definition) is 1. The minimum Gasteiger partial charge on any atom is -0.335 e. The van der Waals surface area contributed by atoms with E-state index in [9.17, 15) is 31.5 Å². The molecule has 0 radical (unpaired) electrons. The van der Waals surface area contributed by atoms with Gasteiger partial charge in [-0.1, -0.05) is 5.21 Å². The van der Waals surface area contributed by atoms with Gasteiger partial charge in [0.1, 0.15) is 11.6 Å². The van der Waals surface area contributed by atoms with Crippen LogP contribution in [0.5, 0.6) is 0 Å². The van der Waals surface area contributed by atoms with Crippen molar-refractivity contribution in [1.29, 1.82) is 0 Å². The van der Waals surface area contributed by atoms with Gasteiger partial charge >= 0.3 is 6.18 Å². The molecule has 0 saturated carbocycles. The zero-order valence-corrected chi connectivity index (χ0v) is 18.1. The van der Waals surface area contributed by atoms with Crippen LogP contribution in [-0.4, -0.2) is 69.3 Å². The highest BCUT2D eigenvalue weighted by molar-refractivity contribution is 5.94. The number of alkyl halides is 3. The van der Waals surface area contributed by atoms with Crippen molar-refractivity contribution in [2.75, 3.05) is 38.0 Å². The summed E-state index contributed by atoms with van der Waals surface area (Å²) in [6.45, 7) is 0.632. The number of nitrogens with one attached hydrogen (secondary N) is 1. The van der Waals surface area contributed by atoms with E-state index >= 15 is 0 Å². The number of aromatic nitrogens is 3. The number of piperazine rings is 1. The third-order valence-corrected chi connectivity index (χ3v) is 5.37. The van der Waals surface area contributed by atoms with Crippen molar-refractivity contribution in [2.24, 2.45) is 0 Å². The number of nitrogens with zero attached hydrogens (tertiary/aromatic N) is 5. The molecule has 1 aromatic heterocycles. The fourth-order valence-electron chi connectivity index (χ4n) is 3.64. The van der Waals surface area contributed by atoms with Gasteiger partial charge in [0.15, 0.2) is 11.4 Å². The van der Waals surface area contributed by atoms with Gasteiger partial charge in [-0.3, -0.25) is 14.5 Å². The van der Waals surface area contributed by atoms with E-state index in [0.717, 1.165) is 24.3 Å². The highest BCUT2D eigenvalue weighted by Gasteiger charge is 2.43. The normalized spacial score (nSPS) is 14.7. The summed E-state index contributed by atoms with van der Waals surface area (Å²) in [4.78, 5) is 28.1. The molecule has 1 fully saturated rings. The smallest absolute Gasteiger partial charge is 0.335 e. The first-order chi connectivity index (χ1) is 16.6. The standard InChI is InChI=1S/C22H19F5N6O2/c23-14-1-5-16(6-2-14)28-18(34)13-31-9-11-32(12-10-31)21(35)19-20(22(25,26)27)33(30-29-19)17-7-3-15(24)4-8-17/h1-8H,9-13H2,(H,28,34). The fourth-order valence-corrected chi connectivity index (χ4v) is 3.64. The van der Waals surface area contributed by atoms with E-state index in [0.29, 0.717) is 10.4 Å². The Labute approximate surface area is 195 Å². The first-order valence-corrected chi connectivity index (χ1v) is 10.5. The molecule has 0 atom stereocenters. The zero-order valence-electron chi connectivity index (χ0n) is 18.1. The SMILES string of the molecule is O=C(CN1CCN(C(=O)c2nnn(-c3ccc(F)cc3)c2C(F)(F)F)CC1)Nc1ccc(F)cc1. The van der Waals surface area contributed by atoms with E-state index < -0.39 is 35.1 Å². The van der Waals surface area contributed by atoms with Crippen molar-refractivity contribution in [1.82, 2.24) is 24.8 Å². The third kappa shape index (κ3) is 5.62. The van der Waals surface area contributed by atoms with Crippen molar-refractivity contribution >= 4 is 17.5 Å². The lowest BCUT2D eigenvalue weighted by molar-refractivity contribution is -0.143. The Balaban J connectivity index is 1.41. The van der Waals surface area contributed by atoms with Crippen molar-refractivity contribution in [3.63, 3.8) is 0 Å². The second-order valence-corrected chi connectivity index (χ2v) is 7.80. The monoisotopic (exact) mass is 494 g/mol. The predicted molar refractivity (Wildman–Crippen MR) is 114 cm³/mol. The van der Waals surface area contributed by atoms with Gasteiger partial charge in [-0.15, -0.1) is 5.10 Å². The number of rotatable bonds is 5. The Morgan fingerprint density at radius 1 is 0.886 bits per heavy atom. The Morgan fingerprint density at radius 3 is 2.03 bits per heavy atom. The van der Waals surface area contributed by atoms with E-state index in [1.165, 1.54) is 29.2 Å². The lowest BCUT2D eigenvalue weighted by atomic mass is 10.2. The lowest BCUT2D eigenvalue weighted by Gasteiger charge is -2.34. The molecule has 1 aliphatic heterocycles. The van der Waals surface area contributed by atoms with Gasteiger partial charge in [0.2, 0.25) is 5.91 Å². The minimum atomic E-state index is -4.94. The summed E-state index contributed by atoms with van der Waals surface area (Å²) in [5.41, 5.74) is -1.88. The largest absolute Gasteiger partial charge is 0.435 e. The molecular formula is C22H19F5N6O2. The number of benzene rings is 2. The molecule has 1 saturated heterocycles. The molecule has 8 nitrogen and oxygen atoms in total. The number of halogens is 5. The molecule has 3 aromatic rings. The molecular weight excluding hydrogens is 475 g/mol. The molecule has 0 unspecified atom stereocenters. The quantitative estimate of drug-likeness (QED) is 0.552. The van der Waals surface area contributed by atoms with Crippen LogP contribution in [0.3, 0.4) is 0 Å². The van der Waals surface area contributed by atoms with Crippen LogP contribution in [0.25, 0.3) is 5.69 Å². The van der Waals surface area contributed by atoms with Gasteiger partial charge in [-0.2, -0.15) is 13.2 Å². The maximum atomic E-state index is 13.8. The number of anilines is 1. The molecule has 1 aliphatic rings. The first-order valence-electron chi connectivity index (χ1n) is 10.5. The summed E-state index contributed by atoms with van der Waals surface area (Å²) in [6.07, 6.45) is -4.94. The van der Waals surface area contributed by atoms with Crippen molar-refractivity contribution in [2.45, 2.75) is 6.18 Å². The van der Waals surface area contributed by atoms with Crippen molar-refractivity contribution in [3.05, 3.63) is 71.6 Å². The molecule has 2 amide bonds. The van der Waals surface area contributed by atoms with Crippen LogP contribution in [0.4, 0.5) is 27.6 Å². The topological polar surface area (TPSA) is 83.4 Å². The zero-order chi connectivity index (χ0) is 25.2. The maximum Gasteiger partial charge on any atom is 0.435 e. The number of hydrogen-bond acceptors (Lipinski definition) is 5. The number of carbonyl (C=O) groups excluding carboxylic acids is 2. The minimum absolute atomic E-state index is 0.00599. The van der Waals surface area contributed by atoms with Crippen LogP contribution in [0.1, 0.15) is 16.2 Å². The molecule has 1 N–H and O–H groups in total. The van der Waals surface area contributed by atoms with E-state index in [-0.39, 0.29) is 44.3 Å². The molecule has 2 heterocycles. The summed E-state index contributed by atoms with van der Waals surface area (Å²) >= 11 is 0. The first kappa shape index (κ1) is 24.3. The van der Waals surface area contributed by atoms with Crippen LogP contribution in [0.2, 0.25) is 0 Å². The Morgan fingerprint density at radius 2 is 1.46 bits per heavy atom. The van der Waals surface area contributed by atoms with Crippen LogP contribution in [-0.2, 0) is 11.0 Å². The summed E-state index contributed by atoms with van der Waals surface area (Å²) < 4.78 is 68.1. The molecule has 2 aromatic carbocycles. The second kappa shape index (κ2) is 9.78. The molecule has 0 bridgehead atoms. The van der Waals surface area contributed by atoms with Gasteiger partial charge in [0.05, 0.1) is 12.2 Å². The van der Waals surface area contributed by atoms with Gasteiger partial charge in [-0.25, -0.2) is 13.5 Å². The van der Waals surface area contributed by atoms with Crippen molar-refractivity contribution < 1.29 is 31.5 Å². The lowest BCUT2D eigenvalue weighted by Crippen LogP contribution is -2.50. The maximum absolute atomic E-state index is 13.8. The number of amides is 2. The molecule has 13 heteroatoms. The molecule has 0 spiro atoms. The van der Waals surface area contributed by atoms with Crippen molar-refractivity contribution in [3.8, 4) is 5.69 Å². The highest BCUT2D eigenvalue weighted by atomic mass is 19.4. The Bertz CT molecular complexity index is 1200. The van der Waals surface area contributed by atoms with E-state index in [2.05, 4.69) is 15.6 Å². The summed E-state index contributed by atoms with van der Waals surface area (Å²) in [7, 11) is 0. The average molecular weight is 494 g/mol. The fraction of sp³-hybridized carbons (Fsp3) is 0.273. The summed E-state index contributed by atoms with van der Waals surface area (Å²) in [5, 5.41) is 9.59. The Kier molecular flexibility index (Phi) is 6.78. The molecule has 0 aliphatic carbocycles. The number of carbonyl (C=O) groups is 2. The summed E-state index contributed by atoms with van der Waals surface area (Å²) in [5.74, 6) is -2.36. The van der Waals surface area contributed by atoms with E-state index in [1.807, 2.05) is 0 Å². The third-order valence-electron chi connectivity index (χ3n) is 5.37. The summed E-state index contributed by atoms with van der Waals surface area (Å²) in [6, 6.07) is 9.41. The van der Waals surface area contributed by atoms with Crippen LogP contribution >= 0.6 is 0 Å². The second-order valence-electron chi connectivity index (χ2n) is 7.80. The van der Waals surface area contributed by atoms with Gasteiger partial charge in [-0.05, 0) is 48.5 Å². The van der Waals surface area contributed by atoms with Crippen LogP contribution in [0.15, 0.2) is 48.5 Å². The van der Waals surface area contributed by atoms with Gasteiger partial charge in [0.25, 0.3) is 5.91 Å². The van der Waals surface area contributed by atoms with Gasteiger partial charge in [0, 0.05) is 31.9 Å². The van der Waals surface area contributed by atoms with Crippen LogP contribution in [0, 0.1) is 11.6 Å². The Hall–Kier alpha value is -3.87. The van der Waals surface area contributed by atoms with Crippen LogP contribution < -0.4 is 5.32 Å². The average Bonchev–Trinajstić information content (AvgIpc) is 3.27.